The van der Waals surface area contributed by atoms with Gasteiger partial charge in [-0.25, -0.2) is 4.79 Å². The summed E-state index contributed by atoms with van der Waals surface area (Å²) in [5, 5.41) is 3.35. The highest BCUT2D eigenvalue weighted by atomic mass is 16.6. The van der Waals surface area contributed by atoms with E-state index in [1.54, 1.807) is 14.0 Å². The molecular weight excluding hydrogens is 380 g/mol. The van der Waals surface area contributed by atoms with Crippen LogP contribution in [0.4, 0.5) is 4.79 Å². The van der Waals surface area contributed by atoms with Gasteiger partial charge in [-0.3, -0.25) is 9.59 Å². The van der Waals surface area contributed by atoms with Gasteiger partial charge >= 0.3 is 6.09 Å². The first kappa shape index (κ1) is 18.6. The van der Waals surface area contributed by atoms with Gasteiger partial charge in [0.1, 0.15) is 6.61 Å². The van der Waals surface area contributed by atoms with Gasteiger partial charge in [-0.1, -0.05) is 0 Å². The maximum Gasteiger partial charge on any atom is 0.404 e. The number of nitrogens with zero attached hydrogens (tertiary/aromatic N) is 2. The Morgan fingerprint density at radius 1 is 1.28 bits per heavy atom. The van der Waals surface area contributed by atoms with E-state index in [2.05, 4.69) is 5.32 Å². The number of carbonyl (C=O) groups excluding carboxylic acids is 3. The average Bonchev–Trinajstić information content (AvgIpc) is 3.32. The van der Waals surface area contributed by atoms with E-state index in [-0.39, 0.29) is 30.3 Å². The van der Waals surface area contributed by atoms with Crippen LogP contribution in [0.2, 0.25) is 0 Å². The van der Waals surface area contributed by atoms with Crippen LogP contribution in [0.25, 0.3) is 0 Å². The van der Waals surface area contributed by atoms with Gasteiger partial charge in [-0.05, 0) is 6.92 Å². The normalized spacial score (nSPS) is 35.7. The predicted molar refractivity (Wildman–Crippen MR) is 98.3 cm³/mol. The number of methoxy groups -OCH3 is 1. The van der Waals surface area contributed by atoms with Crippen molar-refractivity contribution in [3.63, 3.8) is 0 Å². The summed E-state index contributed by atoms with van der Waals surface area (Å²) < 4.78 is 16.5. The van der Waals surface area contributed by atoms with Crippen LogP contribution in [0.3, 0.4) is 0 Å². The fraction of sp³-hybridized carbons (Fsp3) is 0.632. The number of nitrogens with one attached hydrogen (secondary N) is 1. The van der Waals surface area contributed by atoms with E-state index in [0.717, 1.165) is 0 Å². The molecule has 1 aliphatic carbocycles. The van der Waals surface area contributed by atoms with Gasteiger partial charge in [0.15, 0.2) is 5.72 Å². The van der Waals surface area contributed by atoms with Crippen LogP contribution >= 0.6 is 0 Å². The molecule has 0 bridgehead atoms. The number of Topliss-reactive ketones (excluding diaryl/α,β-unsaturated/α-hetero) is 2. The first-order chi connectivity index (χ1) is 13.9. The maximum absolute atomic E-state index is 13.7. The lowest BCUT2D eigenvalue weighted by molar-refractivity contribution is -0.137. The lowest BCUT2D eigenvalue weighted by atomic mass is 9.82. The minimum absolute atomic E-state index is 0.0488. The summed E-state index contributed by atoms with van der Waals surface area (Å²) in [6, 6.07) is 0.125. The van der Waals surface area contributed by atoms with Crippen molar-refractivity contribution in [2.24, 2.45) is 11.7 Å². The predicted octanol–water partition coefficient (Wildman–Crippen LogP) is -1.28. The molecule has 156 valence electrons. The molecule has 0 aromatic carbocycles. The van der Waals surface area contributed by atoms with Crippen LogP contribution < -0.4 is 11.1 Å². The average molecular weight is 404 g/mol. The molecule has 0 radical (unpaired) electrons. The van der Waals surface area contributed by atoms with Crippen LogP contribution in [0.15, 0.2) is 22.5 Å². The Morgan fingerprint density at radius 2 is 2.00 bits per heavy atom. The summed E-state index contributed by atoms with van der Waals surface area (Å²) in [6.45, 7) is 4.22. The van der Waals surface area contributed by atoms with Crippen molar-refractivity contribution < 1.29 is 28.6 Å². The van der Waals surface area contributed by atoms with E-state index < -0.39 is 17.7 Å². The zero-order valence-electron chi connectivity index (χ0n) is 16.4. The molecule has 4 heterocycles. The molecule has 3 N–H and O–H groups in total. The molecule has 29 heavy (non-hydrogen) atoms. The Bertz CT molecular complexity index is 876. The SMILES string of the molecule is CO[C@@]12[C@H](COC(N)=O)C3=C(C(=O)C(C)=C(N4CCOCC4)C3=O)N1C[C@@H]1N[C@@H]12. The fourth-order valence-corrected chi connectivity index (χ4v) is 5.45. The van der Waals surface area contributed by atoms with Crippen LogP contribution in [-0.4, -0.2) is 91.8 Å². The molecule has 0 aromatic rings. The number of carbonyl (C=O) groups is 3. The molecule has 4 atom stereocenters. The second kappa shape index (κ2) is 6.28. The Hall–Kier alpha value is -2.43. The molecule has 0 saturated carbocycles. The molecule has 10 nitrogen and oxygen atoms in total. The molecule has 10 heteroatoms. The summed E-state index contributed by atoms with van der Waals surface area (Å²) in [4.78, 5) is 42.3. The molecular formula is C19H24N4O6. The van der Waals surface area contributed by atoms with Crippen LogP contribution in [-0.2, 0) is 23.8 Å². The Kier molecular flexibility index (Phi) is 4.03. The Morgan fingerprint density at radius 3 is 2.66 bits per heavy atom. The minimum atomic E-state index is -0.948. The number of hydrogen-bond acceptors (Lipinski definition) is 9. The Labute approximate surface area is 167 Å². The molecule has 0 aromatic heterocycles. The molecule has 4 aliphatic heterocycles. The largest absolute Gasteiger partial charge is 0.449 e. The van der Waals surface area contributed by atoms with E-state index in [9.17, 15) is 14.4 Å². The van der Waals surface area contributed by atoms with E-state index >= 15 is 0 Å². The van der Waals surface area contributed by atoms with Crippen molar-refractivity contribution in [2.45, 2.75) is 24.7 Å². The second-order valence-electron chi connectivity index (χ2n) is 7.99. The van der Waals surface area contributed by atoms with Gasteiger partial charge in [0, 0.05) is 43.9 Å². The van der Waals surface area contributed by atoms with Gasteiger partial charge in [0.05, 0.1) is 36.6 Å². The van der Waals surface area contributed by atoms with Gasteiger partial charge < -0.3 is 35.1 Å². The van der Waals surface area contributed by atoms with E-state index in [1.165, 1.54) is 0 Å². The van der Waals surface area contributed by atoms with Gasteiger partial charge in [-0.2, -0.15) is 0 Å². The highest BCUT2D eigenvalue weighted by Gasteiger charge is 2.72. The van der Waals surface area contributed by atoms with Gasteiger partial charge in [0.25, 0.3) is 0 Å². The zero-order chi connectivity index (χ0) is 20.5. The molecule has 0 unspecified atom stereocenters. The number of ether oxygens (including phenoxy) is 3. The number of allylic oxidation sites excluding steroid dienone is 2. The zero-order valence-corrected chi connectivity index (χ0v) is 16.4. The number of primary amides is 1. The third-order valence-corrected chi connectivity index (χ3v) is 6.72. The molecule has 3 fully saturated rings. The van der Waals surface area contributed by atoms with Gasteiger partial charge in [-0.15, -0.1) is 0 Å². The monoisotopic (exact) mass is 404 g/mol. The van der Waals surface area contributed by atoms with Crippen molar-refractivity contribution in [2.75, 3.05) is 46.6 Å². The minimum Gasteiger partial charge on any atom is -0.449 e. The molecule has 3 saturated heterocycles. The van der Waals surface area contributed by atoms with Crippen molar-refractivity contribution in [1.29, 1.82) is 0 Å². The van der Waals surface area contributed by atoms with Crippen LogP contribution in [0.1, 0.15) is 6.92 Å². The van der Waals surface area contributed by atoms with Crippen LogP contribution in [0, 0.1) is 5.92 Å². The molecule has 1 amide bonds. The van der Waals surface area contributed by atoms with Crippen LogP contribution in [0.5, 0.6) is 0 Å². The number of piperazine rings is 1. The Balaban J connectivity index is 1.59. The molecule has 0 spiro atoms. The highest BCUT2D eigenvalue weighted by Crippen LogP contribution is 2.56. The second-order valence-corrected chi connectivity index (χ2v) is 7.99. The topological polar surface area (TPSA) is 133 Å². The third-order valence-electron chi connectivity index (χ3n) is 6.72. The summed E-state index contributed by atoms with van der Waals surface area (Å²) in [5.41, 5.74) is 5.83. The highest BCUT2D eigenvalue weighted by molar-refractivity contribution is 6.25. The van der Waals surface area contributed by atoms with Crippen molar-refractivity contribution in [1.82, 2.24) is 15.1 Å². The molecule has 5 rings (SSSR count). The quantitative estimate of drug-likeness (QED) is 0.434. The van der Waals surface area contributed by atoms with Gasteiger partial charge in [0.2, 0.25) is 11.6 Å². The number of fused-ring (bicyclic) bond motifs is 4. The number of nitrogens with two attached hydrogens (primary N) is 1. The third kappa shape index (κ3) is 2.36. The van der Waals surface area contributed by atoms with Crippen molar-refractivity contribution >= 4 is 17.7 Å². The number of ketones is 2. The standard InChI is InChI=1S/C19H24N4O6/c1-9-13(22-3-5-28-6-4-22)16(25)12-10(8-29-18(20)26)19(27-2)17-11(21-17)7-23(19)14(12)15(9)24/h10-11,17,21H,3-8H2,1-2H3,(H2,20,26)/t10-,11+,17+,19-/m1/s1. The summed E-state index contributed by atoms with van der Waals surface area (Å²) in [6.07, 6.45) is -0.926. The summed E-state index contributed by atoms with van der Waals surface area (Å²) >= 11 is 0. The summed E-state index contributed by atoms with van der Waals surface area (Å²) in [5.74, 6) is -0.994. The first-order valence-corrected chi connectivity index (χ1v) is 9.80. The smallest absolute Gasteiger partial charge is 0.404 e. The molecule has 5 aliphatic rings. The van der Waals surface area contributed by atoms with Crippen molar-refractivity contribution in [3.05, 3.63) is 22.5 Å². The number of rotatable bonds is 4. The van der Waals surface area contributed by atoms with E-state index in [0.29, 0.717) is 55.4 Å². The lowest BCUT2D eigenvalue weighted by Gasteiger charge is -2.39. The fourth-order valence-electron chi connectivity index (χ4n) is 5.45. The number of amides is 1. The van der Waals surface area contributed by atoms with Crippen molar-refractivity contribution in [3.8, 4) is 0 Å². The number of hydrogen-bond donors (Lipinski definition) is 2. The number of morpholine rings is 1. The maximum atomic E-state index is 13.7. The van der Waals surface area contributed by atoms with E-state index in [1.807, 2.05) is 9.80 Å². The summed E-state index contributed by atoms with van der Waals surface area (Å²) in [7, 11) is 1.56. The first-order valence-electron chi connectivity index (χ1n) is 9.80. The lowest BCUT2D eigenvalue weighted by Crippen LogP contribution is -2.55. The van der Waals surface area contributed by atoms with E-state index in [4.69, 9.17) is 19.9 Å².